The van der Waals surface area contributed by atoms with Gasteiger partial charge in [0.05, 0.1) is 30.0 Å². The summed E-state index contributed by atoms with van der Waals surface area (Å²) in [6.07, 6.45) is 0. The monoisotopic (exact) mass is 422 g/mol. The number of hydrogen-bond acceptors (Lipinski definition) is 4. The fraction of sp³-hybridized carbons (Fsp3) is 0.300. The Kier molecular flexibility index (Phi) is 6.01. The number of amides is 2. The van der Waals surface area contributed by atoms with E-state index in [0.717, 1.165) is 0 Å². The summed E-state index contributed by atoms with van der Waals surface area (Å²) in [5, 5.41) is 0.673. The standard InChI is InChI=1S/C20H20Cl2N2O4/c1-12-19(25)24(17-7-5-14(27-2)11-18(17)28-3)9-8-23(12)20(26)13-4-6-15(21)16(22)10-13/h4-7,10-12H,8-9H2,1-3H3. The molecule has 1 saturated heterocycles. The molecule has 0 radical (unpaired) electrons. The van der Waals surface area contributed by atoms with E-state index in [1.165, 1.54) is 18.1 Å². The van der Waals surface area contributed by atoms with Gasteiger partial charge >= 0.3 is 0 Å². The van der Waals surface area contributed by atoms with Crippen molar-refractivity contribution in [1.29, 1.82) is 0 Å². The van der Waals surface area contributed by atoms with Crippen LogP contribution in [-0.2, 0) is 4.79 Å². The quantitative estimate of drug-likeness (QED) is 0.749. The predicted molar refractivity (Wildman–Crippen MR) is 109 cm³/mol. The molecule has 2 amide bonds. The molecule has 148 valence electrons. The van der Waals surface area contributed by atoms with Gasteiger partial charge in [-0.1, -0.05) is 23.2 Å². The minimum atomic E-state index is -0.637. The lowest BCUT2D eigenvalue weighted by Gasteiger charge is -2.39. The molecule has 0 saturated carbocycles. The number of piperazine rings is 1. The molecular formula is C20H20Cl2N2O4. The third-order valence-corrected chi connectivity index (χ3v) is 5.50. The minimum absolute atomic E-state index is 0.192. The van der Waals surface area contributed by atoms with E-state index >= 15 is 0 Å². The van der Waals surface area contributed by atoms with Crippen molar-refractivity contribution in [3.05, 3.63) is 52.0 Å². The first-order chi connectivity index (χ1) is 13.4. The van der Waals surface area contributed by atoms with Gasteiger partial charge in [0, 0.05) is 24.7 Å². The van der Waals surface area contributed by atoms with Gasteiger partial charge in [-0.15, -0.1) is 0 Å². The lowest BCUT2D eigenvalue weighted by atomic mass is 10.1. The van der Waals surface area contributed by atoms with Gasteiger partial charge in [0.1, 0.15) is 17.5 Å². The molecule has 2 aromatic rings. The summed E-state index contributed by atoms with van der Waals surface area (Å²) in [5.74, 6) is 0.711. The number of benzene rings is 2. The number of halogens is 2. The van der Waals surface area contributed by atoms with Crippen LogP contribution in [0, 0.1) is 0 Å². The number of anilines is 1. The van der Waals surface area contributed by atoms with Crippen molar-refractivity contribution in [3.8, 4) is 11.5 Å². The Labute approximate surface area is 173 Å². The van der Waals surface area contributed by atoms with Crippen LogP contribution in [0.15, 0.2) is 36.4 Å². The Bertz CT molecular complexity index is 919. The Hall–Kier alpha value is -2.44. The van der Waals surface area contributed by atoms with Crippen molar-refractivity contribution in [2.24, 2.45) is 0 Å². The van der Waals surface area contributed by atoms with Gasteiger partial charge in [0.2, 0.25) is 5.91 Å². The van der Waals surface area contributed by atoms with Crippen molar-refractivity contribution in [1.82, 2.24) is 4.90 Å². The fourth-order valence-electron chi connectivity index (χ4n) is 3.19. The molecule has 0 N–H and O–H groups in total. The maximum Gasteiger partial charge on any atom is 0.254 e. The van der Waals surface area contributed by atoms with Crippen LogP contribution in [0.2, 0.25) is 10.0 Å². The number of carbonyl (C=O) groups excluding carboxylic acids is 2. The zero-order valence-electron chi connectivity index (χ0n) is 15.7. The van der Waals surface area contributed by atoms with Crippen LogP contribution in [-0.4, -0.2) is 50.1 Å². The first kappa shape index (κ1) is 20.3. The van der Waals surface area contributed by atoms with E-state index in [2.05, 4.69) is 0 Å². The topological polar surface area (TPSA) is 59.1 Å². The summed E-state index contributed by atoms with van der Waals surface area (Å²) in [5.41, 5.74) is 1.03. The summed E-state index contributed by atoms with van der Waals surface area (Å²) in [4.78, 5) is 29.1. The average molecular weight is 423 g/mol. The molecule has 3 rings (SSSR count). The van der Waals surface area contributed by atoms with Gasteiger partial charge in [-0.05, 0) is 37.3 Å². The number of methoxy groups -OCH3 is 2. The van der Waals surface area contributed by atoms with Crippen molar-refractivity contribution < 1.29 is 19.1 Å². The molecule has 1 aliphatic rings. The molecule has 0 bridgehead atoms. The SMILES string of the molecule is COc1ccc(N2CCN(C(=O)c3ccc(Cl)c(Cl)c3)C(C)C2=O)c(OC)c1. The second-order valence-corrected chi connectivity index (χ2v) is 7.15. The molecule has 0 aliphatic carbocycles. The Morgan fingerprint density at radius 3 is 2.43 bits per heavy atom. The highest BCUT2D eigenvalue weighted by Crippen LogP contribution is 2.34. The second-order valence-electron chi connectivity index (χ2n) is 6.33. The van der Waals surface area contributed by atoms with E-state index in [1.54, 1.807) is 49.3 Å². The normalized spacial score (nSPS) is 16.9. The summed E-state index contributed by atoms with van der Waals surface area (Å²) in [6.45, 7) is 2.43. The molecule has 1 fully saturated rings. The maximum atomic E-state index is 13.0. The summed E-state index contributed by atoms with van der Waals surface area (Å²) in [6, 6.07) is 9.32. The highest BCUT2D eigenvalue weighted by Gasteiger charge is 2.36. The van der Waals surface area contributed by atoms with E-state index in [1.807, 2.05) is 0 Å². The lowest BCUT2D eigenvalue weighted by molar-refractivity contribution is -0.124. The van der Waals surface area contributed by atoms with Crippen LogP contribution in [0.3, 0.4) is 0 Å². The molecule has 1 unspecified atom stereocenters. The molecule has 6 nitrogen and oxygen atoms in total. The third-order valence-electron chi connectivity index (χ3n) is 4.76. The number of carbonyl (C=O) groups is 2. The van der Waals surface area contributed by atoms with Crippen LogP contribution >= 0.6 is 23.2 Å². The Morgan fingerprint density at radius 1 is 1.04 bits per heavy atom. The van der Waals surface area contributed by atoms with E-state index in [9.17, 15) is 9.59 Å². The zero-order chi connectivity index (χ0) is 20.4. The molecule has 1 aliphatic heterocycles. The Morgan fingerprint density at radius 2 is 1.79 bits per heavy atom. The van der Waals surface area contributed by atoms with Gasteiger partial charge < -0.3 is 19.3 Å². The second kappa shape index (κ2) is 8.29. The van der Waals surface area contributed by atoms with E-state index in [0.29, 0.717) is 45.9 Å². The zero-order valence-corrected chi connectivity index (χ0v) is 17.3. The van der Waals surface area contributed by atoms with Crippen molar-refractivity contribution in [2.75, 3.05) is 32.2 Å². The predicted octanol–water partition coefficient (Wildman–Crippen LogP) is 3.89. The van der Waals surface area contributed by atoms with Gasteiger partial charge in [0.15, 0.2) is 0 Å². The summed E-state index contributed by atoms with van der Waals surface area (Å²) >= 11 is 11.9. The van der Waals surface area contributed by atoms with E-state index in [-0.39, 0.29) is 11.8 Å². The summed E-state index contributed by atoms with van der Waals surface area (Å²) < 4.78 is 10.6. The third kappa shape index (κ3) is 3.75. The minimum Gasteiger partial charge on any atom is -0.497 e. The summed E-state index contributed by atoms with van der Waals surface area (Å²) in [7, 11) is 3.10. The van der Waals surface area contributed by atoms with Crippen LogP contribution in [0.4, 0.5) is 5.69 Å². The van der Waals surface area contributed by atoms with E-state index in [4.69, 9.17) is 32.7 Å². The van der Waals surface area contributed by atoms with Gasteiger partial charge in [-0.3, -0.25) is 9.59 Å². The molecule has 0 spiro atoms. The molecule has 0 aromatic heterocycles. The molecule has 8 heteroatoms. The van der Waals surface area contributed by atoms with Gasteiger partial charge in [-0.25, -0.2) is 0 Å². The molecule has 2 aromatic carbocycles. The molecule has 1 atom stereocenters. The molecule has 1 heterocycles. The van der Waals surface area contributed by atoms with Crippen LogP contribution < -0.4 is 14.4 Å². The van der Waals surface area contributed by atoms with E-state index < -0.39 is 6.04 Å². The van der Waals surface area contributed by atoms with Gasteiger partial charge in [-0.2, -0.15) is 0 Å². The largest absolute Gasteiger partial charge is 0.497 e. The lowest BCUT2D eigenvalue weighted by Crippen LogP contribution is -2.57. The van der Waals surface area contributed by atoms with Crippen molar-refractivity contribution >= 4 is 40.7 Å². The van der Waals surface area contributed by atoms with Crippen molar-refractivity contribution in [3.63, 3.8) is 0 Å². The molecular weight excluding hydrogens is 403 g/mol. The average Bonchev–Trinajstić information content (AvgIpc) is 2.71. The van der Waals surface area contributed by atoms with Crippen LogP contribution in [0.1, 0.15) is 17.3 Å². The van der Waals surface area contributed by atoms with Crippen molar-refractivity contribution in [2.45, 2.75) is 13.0 Å². The number of rotatable bonds is 4. The highest BCUT2D eigenvalue weighted by molar-refractivity contribution is 6.42. The molecule has 28 heavy (non-hydrogen) atoms. The van der Waals surface area contributed by atoms with Crippen LogP contribution in [0.25, 0.3) is 0 Å². The highest BCUT2D eigenvalue weighted by atomic mass is 35.5. The smallest absolute Gasteiger partial charge is 0.254 e. The Balaban J connectivity index is 1.84. The fourth-order valence-corrected chi connectivity index (χ4v) is 3.49. The first-order valence-electron chi connectivity index (χ1n) is 8.66. The van der Waals surface area contributed by atoms with Gasteiger partial charge in [0.25, 0.3) is 5.91 Å². The first-order valence-corrected chi connectivity index (χ1v) is 9.42. The number of ether oxygens (including phenoxy) is 2. The maximum absolute atomic E-state index is 13.0. The number of hydrogen-bond donors (Lipinski definition) is 0. The van der Waals surface area contributed by atoms with Crippen LogP contribution in [0.5, 0.6) is 11.5 Å². The number of nitrogens with zero attached hydrogens (tertiary/aromatic N) is 2.